The van der Waals surface area contributed by atoms with Gasteiger partial charge in [-0.3, -0.25) is 0 Å². The number of carboxylic acids is 1. The van der Waals surface area contributed by atoms with E-state index in [1.807, 2.05) is 19.1 Å². The molecule has 2 saturated carbocycles. The molecule has 5 rings (SSSR count). The summed E-state index contributed by atoms with van der Waals surface area (Å²) in [5.74, 6) is -1.69. The van der Waals surface area contributed by atoms with Gasteiger partial charge in [0, 0.05) is 16.7 Å². The first kappa shape index (κ1) is 24.0. The van der Waals surface area contributed by atoms with Gasteiger partial charge in [-0.05, 0) is 91.0 Å². The summed E-state index contributed by atoms with van der Waals surface area (Å²) in [7, 11) is -4.07. The van der Waals surface area contributed by atoms with Gasteiger partial charge in [-0.15, -0.1) is 6.58 Å². The number of alkyl halides is 1. The van der Waals surface area contributed by atoms with Gasteiger partial charge in [0.1, 0.15) is 11.9 Å². The topological polar surface area (TPSA) is 118 Å². The molecule has 0 amide bonds. The molecule has 0 radical (unpaired) electrons. The average molecular weight is 500 g/mol. The lowest BCUT2D eigenvalue weighted by molar-refractivity contribution is -0.00990. The highest BCUT2D eigenvalue weighted by molar-refractivity contribution is 7.89. The van der Waals surface area contributed by atoms with Crippen LogP contribution in [0.5, 0.6) is 5.75 Å². The fraction of sp³-hybridized carbons (Fsp3) is 0.444. The predicted molar refractivity (Wildman–Crippen MR) is 130 cm³/mol. The molecular formula is C27H30FNO5S. The Hall–Kier alpha value is -2.71. The van der Waals surface area contributed by atoms with E-state index in [0.717, 1.165) is 30.0 Å². The van der Waals surface area contributed by atoms with Gasteiger partial charge in [0.05, 0.1) is 10.5 Å². The largest absolute Gasteiger partial charge is 0.508 e. The number of aromatic carboxylic acids is 1. The summed E-state index contributed by atoms with van der Waals surface area (Å²) in [6.45, 7) is 6.13. The summed E-state index contributed by atoms with van der Waals surface area (Å²) < 4.78 is 40.4. The number of allylic oxidation sites excluding steroid dienone is 1. The third-order valence-electron chi connectivity index (χ3n) is 9.22. The van der Waals surface area contributed by atoms with Crippen LogP contribution in [0, 0.1) is 17.3 Å². The quantitative estimate of drug-likeness (QED) is 0.529. The zero-order chi connectivity index (χ0) is 25.3. The fourth-order valence-corrected chi connectivity index (χ4v) is 8.06. The molecular weight excluding hydrogens is 469 g/mol. The van der Waals surface area contributed by atoms with Gasteiger partial charge in [-0.2, -0.15) is 0 Å². The SMILES string of the molecule is C=C[C@]12CC[C@@]3(C)C(C[C@@H](c4cc(S(N)(=O)=O)ccc4C(=O)O)[C@@H]3F)C1CCc1cc(O)ccc12. The minimum absolute atomic E-state index is 0.0454. The molecule has 2 fully saturated rings. The number of phenols is 1. The highest BCUT2D eigenvalue weighted by Crippen LogP contribution is 2.67. The zero-order valence-corrected chi connectivity index (χ0v) is 20.4. The highest BCUT2D eigenvalue weighted by Gasteiger charge is 2.62. The lowest BCUT2D eigenvalue weighted by atomic mass is 9.48. The summed E-state index contributed by atoms with van der Waals surface area (Å²) in [6, 6.07) is 9.07. The number of halogens is 1. The van der Waals surface area contributed by atoms with E-state index in [1.54, 1.807) is 12.1 Å². The lowest BCUT2D eigenvalue weighted by Crippen LogP contribution is -2.51. The van der Waals surface area contributed by atoms with E-state index >= 15 is 4.39 Å². The Morgan fingerprint density at radius 2 is 1.94 bits per heavy atom. The van der Waals surface area contributed by atoms with Crippen molar-refractivity contribution in [3.05, 3.63) is 71.3 Å². The van der Waals surface area contributed by atoms with Gasteiger partial charge in [0.2, 0.25) is 10.0 Å². The monoisotopic (exact) mass is 499 g/mol. The Morgan fingerprint density at radius 1 is 1.20 bits per heavy atom. The van der Waals surface area contributed by atoms with Crippen LogP contribution in [0.3, 0.4) is 0 Å². The number of phenolic OH excluding ortho intramolecular Hbond substituents is 1. The van der Waals surface area contributed by atoms with E-state index in [4.69, 9.17) is 5.14 Å². The first-order valence-corrected chi connectivity index (χ1v) is 13.5. The molecule has 186 valence electrons. The molecule has 0 aliphatic heterocycles. The number of carboxylic acid groups (broad SMARTS) is 1. The molecule has 3 aliphatic rings. The maximum atomic E-state index is 16.4. The fourth-order valence-electron chi connectivity index (χ4n) is 7.51. The van der Waals surface area contributed by atoms with E-state index in [2.05, 4.69) is 6.58 Å². The van der Waals surface area contributed by atoms with Crippen molar-refractivity contribution in [2.75, 3.05) is 0 Å². The Balaban J connectivity index is 1.61. The van der Waals surface area contributed by atoms with E-state index in [1.165, 1.54) is 12.1 Å². The molecule has 6 nitrogen and oxygen atoms in total. The third-order valence-corrected chi connectivity index (χ3v) is 10.1. The Bertz CT molecular complexity index is 1340. The van der Waals surface area contributed by atoms with E-state index in [9.17, 15) is 23.4 Å². The number of primary sulfonamides is 1. The number of aromatic hydroxyl groups is 1. The van der Waals surface area contributed by atoms with Gasteiger partial charge in [0.15, 0.2) is 0 Å². The second-order valence-corrected chi connectivity index (χ2v) is 12.2. The first-order chi connectivity index (χ1) is 16.4. The van der Waals surface area contributed by atoms with Crippen LogP contribution in [0.1, 0.15) is 65.6 Å². The molecule has 0 saturated heterocycles. The number of fused-ring (bicyclic) bond motifs is 5. The van der Waals surface area contributed by atoms with Crippen molar-refractivity contribution in [2.45, 2.75) is 61.4 Å². The molecule has 6 atom stereocenters. The third kappa shape index (κ3) is 3.44. The van der Waals surface area contributed by atoms with Crippen molar-refractivity contribution in [1.29, 1.82) is 0 Å². The number of sulfonamides is 1. The number of rotatable bonds is 4. The highest BCUT2D eigenvalue weighted by atomic mass is 32.2. The van der Waals surface area contributed by atoms with Crippen LogP contribution in [-0.2, 0) is 21.9 Å². The smallest absolute Gasteiger partial charge is 0.335 e. The summed E-state index contributed by atoms with van der Waals surface area (Å²) in [5.41, 5.74) is 1.29. The number of carbonyl (C=O) groups is 1. The molecule has 4 N–H and O–H groups in total. The minimum Gasteiger partial charge on any atom is -0.508 e. The Kier molecular flexibility index (Phi) is 5.42. The molecule has 8 heteroatoms. The molecule has 35 heavy (non-hydrogen) atoms. The second kappa shape index (κ2) is 7.90. The van der Waals surface area contributed by atoms with Crippen LogP contribution in [0.25, 0.3) is 0 Å². The normalized spacial score (nSPS) is 33.9. The molecule has 0 aromatic heterocycles. The summed E-state index contributed by atoms with van der Waals surface area (Å²) in [6.07, 6.45) is 3.95. The van der Waals surface area contributed by atoms with Gasteiger partial charge in [-0.25, -0.2) is 22.7 Å². The summed E-state index contributed by atoms with van der Waals surface area (Å²) in [4.78, 5) is 11.8. The molecule has 0 heterocycles. The van der Waals surface area contributed by atoms with E-state index in [0.29, 0.717) is 19.3 Å². The van der Waals surface area contributed by atoms with E-state index < -0.39 is 33.5 Å². The Labute approximate surface area is 204 Å². The van der Waals surface area contributed by atoms with E-state index in [-0.39, 0.29) is 39.0 Å². The predicted octanol–water partition coefficient (Wildman–Crippen LogP) is 4.67. The average Bonchev–Trinajstić information content (AvgIpc) is 3.08. The number of hydrogen-bond donors (Lipinski definition) is 3. The van der Waals surface area contributed by atoms with Crippen molar-refractivity contribution in [3.8, 4) is 5.75 Å². The molecule has 2 aromatic carbocycles. The zero-order valence-electron chi connectivity index (χ0n) is 19.6. The molecule has 0 spiro atoms. The standard InChI is InChI=1S/C27H30FNO5S/c1-3-27-11-10-26(2)23(22(27)8-4-15-12-16(30)5-9-21(15)27)14-20(24(26)28)19-13-17(35(29,33)34)6-7-18(19)25(31)32/h3,5-7,9,12-13,20,22-24,30H,1,4,8,10-11,14H2,2H3,(H,31,32)(H2,29,33,34)/t20-,22?,23?,24-,26-,27+/m0/s1. The van der Waals surface area contributed by atoms with Crippen LogP contribution >= 0.6 is 0 Å². The number of aryl methyl sites for hydroxylation is 1. The summed E-state index contributed by atoms with van der Waals surface area (Å²) in [5, 5.41) is 25.1. The maximum absolute atomic E-state index is 16.4. The van der Waals surface area contributed by atoms with Crippen molar-refractivity contribution in [1.82, 2.24) is 0 Å². The summed E-state index contributed by atoms with van der Waals surface area (Å²) >= 11 is 0. The van der Waals surface area contributed by atoms with Crippen LogP contribution in [0.15, 0.2) is 53.9 Å². The van der Waals surface area contributed by atoms with Crippen LogP contribution in [-0.4, -0.2) is 30.8 Å². The maximum Gasteiger partial charge on any atom is 0.335 e. The van der Waals surface area contributed by atoms with Crippen molar-refractivity contribution in [3.63, 3.8) is 0 Å². The molecule has 0 bridgehead atoms. The van der Waals surface area contributed by atoms with Crippen molar-refractivity contribution >= 4 is 16.0 Å². The Morgan fingerprint density at radius 3 is 2.60 bits per heavy atom. The van der Waals surface area contributed by atoms with Crippen LogP contribution in [0.4, 0.5) is 4.39 Å². The van der Waals surface area contributed by atoms with Gasteiger partial charge >= 0.3 is 5.97 Å². The van der Waals surface area contributed by atoms with Crippen molar-refractivity contribution < 1.29 is 27.8 Å². The van der Waals surface area contributed by atoms with Gasteiger partial charge in [0.25, 0.3) is 0 Å². The van der Waals surface area contributed by atoms with Crippen LogP contribution in [0.2, 0.25) is 0 Å². The molecule has 2 aromatic rings. The second-order valence-electron chi connectivity index (χ2n) is 10.7. The first-order valence-electron chi connectivity index (χ1n) is 11.9. The number of benzene rings is 2. The molecule has 2 unspecified atom stereocenters. The van der Waals surface area contributed by atoms with Crippen LogP contribution < -0.4 is 5.14 Å². The van der Waals surface area contributed by atoms with Gasteiger partial charge < -0.3 is 10.2 Å². The minimum atomic E-state index is -4.07. The van der Waals surface area contributed by atoms with Crippen molar-refractivity contribution in [2.24, 2.45) is 22.4 Å². The number of hydrogen-bond acceptors (Lipinski definition) is 4. The number of nitrogens with two attached hydrogens (primary N) is 1. The lowest BCUT2D eigenvalue weighted by Gasteiger charge is -2.55. The van der Waals surface area contributed by atoms with Gasteiger partial charge in [-0.1, -0.05) is 19.1 Å². The molecule has 3 aliphatic carbocycles.